The predicted molar refractivity (Wildman–Crippen MR) is 74.9 cm³/mol. The second kappa shape index (κ2) is 5.57. The third-order valence-corrected chi connectivity index (χ3v) is 3.78. The van der Waals surface area contributed by atoms with E-state index in [-0.39, 0.29) is 11.9 Å². The Bertz CT molecular complexity index is 468. The van der Waals surface area contributed by atoms with Gasteiger partial charge in [-0.3, -0.25) is 14.4 Å². The first kappa shape index (κ1) is 13.8. The molecule has 0 aromatic carbocycles. The maximum absolute atomic E-state index is 12.5. The summed E-state index contributed by atoms with van der Waals surface area (Å²) in [7, 11) is 1.80. The van der Waals surface area contributed by atoms with Gasteiger partial charge in [0, 0.05) is 45.0 Å². The summed E-state index contributed by atoms with van der Waals surface area (Å²) in [5, 5.41) is 4.07. The van der Waals surface area contributed by atoms with Crippen LogP contribution in [0, 0.1) is 0 Å². The van der Waals surface area contributed by atoms with Gasteiger partial charge >= 0.3 is 0 Å². The summed E-state index contributed by atoms with van der Waals surface area (Å²) in [4.78, 5) is 16.8. The molecule has 1 aliphatic heterocycles. The number of rotatable bonds is 3. The van der Waals surface area contributed by atoms with Crippen LogP contribution in [0.2, 0.25) is 0 Å². The molecule has 19 heavy (non-hydrogen) atoms. The van der Waals surface area contributed by atoms with Crippen molar-refractivity contribution < 1.29 is 4.79 Å². The van der Waals surface area contributed by atoms with Gasteiger partial charge in [0.1, 0.15) is 5.69 Å². The highest BCUT2D eigenvalue weighted by molar-refractivity contribution is 5.92. The van der Waals surface area contributed by atoms with Crippen LogP contribution < -0.4 is 0 Å². The fourth-order valence-corrected chi connectivity index (χ4v) is 2.63. The van der Waals surface area contributed by atoms with Crippen molar-refractivity contribution in [3.05, 3.63) is 30.6 Å². The molecule has 0 saturated carbocycles. The Balaban J connectivity index is 2.12. The van der Waals surface area contributed by atoms with Crippen molar-refractivity contribution in [3.63, 3.8) is 0 Å². The topological polar surface area (TPSA) is 41.4 Å². The van der Waals surface area contributed by atoms with E-state index in [1.807, 2.05) is 11.0 Å². The van der Waals surface area contributed by atoms with Crippen molar-refractivity contribution in [1.82, 2.24) is 19.6 Å². The number of carbonyl (C=O) groups is 1. The molecule has 1 saturated heterocycles. The lowest BCUT2D eigenvalue weighted by Crippen LogP contribution is -2.58. The molecule has 2 atom stereocenters. The van der Waals surface area contributed by atoms with Gasteiger partial charge in [-0.2, -0.15) is 5.10 Å². The minimum Gasteiger partial charge on any atom is -0.332 e. The van der Waals surface area contributed by atoms with Crippen LogP contribution in [0.3, 0.4) is 0 Å². The average molecular weight is 262 g/mol. The molecule has 0 aliphatic carbocycles. The van der Waals surface area contributed by atoms with Crippen LogP contribution in [0.25, 0.3) is 0 Å². The number of carbonyl (C=O) groups excluding carboxylic acids is 1. The van der Waals surface area contributed by atoms with Crippen molar-refractivity contribution in [2.45, 2.75) is 25.9 Å². The van der Waals surface area contributed by atoms with Crippen molar-refractivity contribution in [2.75, 3.05) is 19.6 Å². The van der Waals surface area contributed by atoms with Crippen LogP contribution in [-0.2, 0) is 7.05 Å². The van der Waals surface area contributed by atoms with Crippen LogP contribution in [0.4, 0.5) is 0 Å². The number of amides is 1. The van der Waals surface area contributed by atoms with E-state index in [0.717, 1.165) is 19.6 Å². The fraction of sp³-hybridized carbons (Fsp3) is 0.571. The molecule has 1 fully saturated rings. The molecule has 5 nitrogen and oxygen atoms in total. The third kappa shape index (κ3) is 2.71. The maximum Gasteiger partial charge on any atom is 0.272 e. The summed E-state index contributed by atoms with van der Waals surface area (Å²) in [6.07, 6.45) is 3.58. The summed E-state index contributed by atoms with van der Waals surface area (Å²) in [5.41, 5.74) is 0.649. The molecule has 1 amide bonds. The van der Waals surface area contributed by atoms with E-state index in [1.54, 1.807) is 24.0 Å². The number of aryl methyl sites for hydroxylation is 1. The zero-order valence-electron chi connectivity index (χ0n) is 11.9. The molecule has 104 valence electrons. The quantitative estimate of drug-likeness (QED) is 0.767. The van der Waals surface area contributed by atoms with Crippen molar-refractivity contribution in [1.29, 1.82) is 0 Å². The number of piperazine rings is 1. The minimum atomic E-state index is 0.0672. The Kier molecular flexibility index (Phi) is 4.04. The summed E-state index contributed by atoms with van der Waals surface area (Å²) in [6.45, 7) is 10.5. The summed E-state index contributed by atoms with van der Waals surface area (Å²) >= 11 is 0. The second-order valence-corrected chi connectivity index (χ2v) is 5.24. The van der Waals surface area contributed by atoms with E-state index in [1.165, 1.54) is 0 Å². The zero-order chi connectivity index (χ0) is 14.0. The van der Waals surface area contributed by atoms with E-state index >= 15 is 0 Å². The first-order chi connectivity index (χ1) is 9.04. The molecular weight excluding hydrogens is 240 g/mol. The van der Waals surface area contributed by atoms with Crippen LogP contribution in [0.5, 0.6) is 0 Å². The molecule has 0 N–H and O–H groups in total. The smallest absolute Gasteiger partial charge is 0.272 e. The van der Waals surface area contributed by atoms with Gasteiger partial charge in [-0.05, 0) is 19.9 Å². The Labute approximate surface area is 114 Å². The molecule has 1 aromatic rings. The van der Waals surface area contributed by atoms with E-state index in [9.17, 15) is 4.79 Å². The van der Waals surface area contributed by atoms with Crippen molar-refractivity contribution in [3.8, 4) is 0 Å². The Morgan fingerprint density at radius 1 is 1.47 bits per heavy atom. The second-order valence-electron chi connectivity index (χ2n) is 5.24. The third-order valence-electron chi connectivity index (χ3n) is 3.78. The standard InChI is InChI=1S/C14H22N4O/c1-5-8-17-9-12(3)18(10-11(17)2)14(19)13-6-7-15-16(13)4/h5-7,11-12H,1,8-10H2,2-4H3/t11-,12-/m1/s1. The molecule has 0 radical (unpaired) electrons. The van der Waals surface area contributed by atoms with Gasteiger partial charge in [0.05, 0.1) is 0 Å². The number of hydrogen-bond acceptors (Lipinski definition) is 3. The summed E-state index contributed by atoms with van der Waals surface area (Å²) in [6, 6.07) is 2.33. The van der Waals surface area contributed by atoms with Gasteiger partial charge in [0.25, 0.3) is 5.91 Å². The first-order valence-corrected chi connectivity index (χ1v) is 6.68. The Morgan fingerprint density at radius 3 is 2.79 bits per heavy atom. The molecule has 5 heteroatoms. The van der Waals surface area contributed by atoms with Crippen molar-refractivity contribution >= 4 is 5.91 Å². The fourth-order valence-electron chi connectivity index (χ4n) is 2.63. The highest BCUT2D eigenvalue weighted by atomic mass is 16.2. The van der Waals surface area contributed by atoms with Gasteiger partial charge in [-0.25, -0.2) is 0 Å². The molecule has 0 unspecified atom stereocenters. The van der Waals surface area contributed by atoms with E-state index in [2.05, 4.69) is 30.4 Å². The molecule has 1 aliphatic rings. The highest BCUT2D eigenvalue weighted by Gasteiger charge is 2.32. The number of aromatic nitrogens is 2. The lowest BCUT2D eigenvalue weighted by atomic mass is 10.1. The normalized spacial score (nSPS) is 24.5. The van der Waals surface area contributed by atoms with Gasteiger partial charge in [-0.1, -0.05) is 6.08 Å². The van der Waals surface area contributed by atoms with Crippen LogP contribution in [0.15, 0.2) is 24.9 Å². The van der Waals surface area contributed by atoms with E-state index in [0.29, 0.717) is 11.7 Å². The molecule has 0 spiro atoms. The van der Waals surface area contributed by atoms with Crippen LogP contribution in [-0.4, -0.2) is 57.2 Å². The molecule has 0 bridgehead atoms. The molecule has 1 aromatic heterocycles. The number of hydrogen-bond donors (Lipinski definition) is 0. The molecule has 2 heterocycles. The summed E-state index contributed by atoms with van der Waals surface area (Å²) < 4.78 is 1.63. The van der Waals surface area contributed by atoms with E-state index < -0.39 is 0 Å². The van der Waals surface area contributed by atoms with Crippen molar-refractivity contribution in [2.24, 2.45) is 7.05 Å². The highest BCUT2D eigenvalue weighted by Crippen LogP contribution is 2.17. The van der Waals surface area contributed by atoms with E-state index in [4.69, 9.17) is 0 Å². The minimum absolute atomic E-state index is 0.0672. The average Bonchev–Trinajstić information content (AvgIpc) is 2.79. The maximum atomic E-state index is 12.5. The van der Waals surface area contributed by atoms with Gasteiger partial charge in [0.2, 0.25) is 0 Å². The lowest BCUT2D eigenvalue weighted by molar-refractivity contribution is 0.0346. The van der Waals surface area contributed by atoms with Crippen LogP contribution >= 0.6 is 0 Å². The predicted octanol–water partition coefficient (Wildman–Crippen LogP) is 1.14. The number of nitrogens with zero attached hydrogens (tertiary/aromatic N) is 4. The first-order valence-electron chi connectivity index (χ1n) is 6.68. The zero-order valence-corrected chi connectivity index (χ0v) is 11.9. The van der Waals surface area contributed by atoms with Crippen LogP contribution in [0.1, 0.15) is 24.3 Å². The van der Waals surface area contributed by atoms with Gasteiger partial charge in [0.15, 0.2) is 0 Å². The Hall–Kier alpha value is -1.62. The SMILES string of the molecule is C=CCN1C[C@@H](C)N(C(=O)c2ccnn2C)C[C@H]1C. The molecular formula is C14H22N4O. The van der Waals surface area contributed by atoms with Gasteiger partial charge in [-0.15, -0.1) is 6.58 Å². The largest absolute Gasteiger partial charge is 0.332 e. The lowest BCUT2D eigenvalue weighted by Gasteiger charge is -2.43. The summed E-state index contributed by atoms with van der Waals surface area (Å²) in [5.74, 6) is 0.0672. The van der Waals surface area contributed by atoms with Gasteiger partial charge < -0.3 is 4.90 Å². The Morgan fingerprint density at radius 2 is 2.21 bits per heavy atom. The monoisotopic (exact) mass is 262 g/mol. The molecule has 2 rings (SSSR count).